The molecule has 2 saturated carbocycles. The maximum atomic E-state index is 12.4. The van der Waals surface area contributed by atoms with E-state index in [1.807, 2.05) is 0 Å². The van der Waals surface area contributed by atoms with Gasteiger partial charge in [-0.25, -0.2) is 0 Å². The van der Waals surface area contributed by atoms with E-state index in [4.69, 9.17) is 11.6 Å². The molecular formula is C19H25ClN2O2. The van der Waals surface area contributed by atoms with E-state index >= 15 is 0 Å². The Morgan fingerprint density at radius 1 is 0.833 bits per heavy atom. The van der Waals surface area contributed by atoms with Crippen LogP contribution < -0.4 is 10.6 Å². The smallest absolute Gasteiger partial charge is 0.227 e. The third-order valence-corrected chi connectivity index (χ3v) is 5.53. The van der Waals surface area contributed by atoms with Crippen molar-refractivity contribution in [2.75, 3.05) is 5.32 Å². The molecule has 0 aromatic heterocycles. The third kappa shape index (κ3) is 4.50. The molecule has 1 aromatic rings. The molecule has 2 aliphatic rings. The van der Waals surface area contributed by atoms with Gasteiger partial charge in [-0.1, -0.05) is 24.4 Å². The minimum atomic E-state index is -0.00351. The summed E-state index contributed by atoms with van der Waals surface area (Å²) in [5.41, 5.74) is 0.769. The van der Waals surface area contributed by atoms with Crippen LogP contribution in [-0.2, 0) is 9.59 Å². The highest BCUT2D eigenvalue weighted by atomic mass is 35.5. The number of halogens is 1. The number of carbonyl (C=O) groups is 2. The van der Waals surface area contributed by atoms with Crippen molar-refractivity contribution in [1.82, 2.24) is 5.32 Å². The molecule has 2 aliphatic carbocycles. The summed E-state index contributed by atoms with van der Waals surface area (Å²) in [5, 5.41) is 6.78. The monoisotopic (exact) mass is 348 g/mol. The van der Waals surface area contributed by atoms with Gasteiger partial charge in [0.1, 0.15) is 0 Å². The van der Waals surface area contributed by atoms with Gasteiger partial charge in [-0.05, 0) is 62.8 Å². The number of anilines is 1. The minimum absolute atomic E-state index is 0.00351. The SMILES string of the molecule is O=C(Nc1ccc(Cl)cc1)C1CCC(C(=O)NC2CCCC2)CC1. The molecule has 4 nitrogen and oxygen atoms in total. The molecular weight excluding hydrogens is 324 g/mol. The van der Waals surface area contributed by atoms with Crippen molar-refractivity contribution in [2.45, 2.75) is 57.4 Å². The number of hydrogen-bond acceptors (Lipinski definition) is 2. The Morgan fingerprint density at radius 2 is 1.38 bits per heavy atom. The Hall–Kier alpha value is -1.55. The van der Waals surface area contributed by atoms with Crippen LogP contribution in [0.25, 0.3) is 0 Å². The van der Waals surface area contributed by atoms with Gasteiger partial charge in [-0.2, -0.15) is 0 Å². The van der Waals surface area contributed by atoms with Gasteiger partial charge >= 0.3 is 0 Å². The molecule has 2 fully saturated rings. The lowest BCUT2D eigenvalue weighted by Crippen LogP contribution is -2.39. The maximum absolute atomic E-state index is 12.4. The van der Waals surface area contributed by atoms with E-state index in [-0.39, 0.29) is 23.7 Å². The van der Waals surface area contributed by atoms with Crippen LogP contribution in [-0.4, -0.2) is 17.9 Å². The van der Waals surface area contributed by atoms with E-state index in [1.165, 1.54) is 12.8 Å². The van der Waals surface area contributed by atoms with Gasteiger partial charge in [0, 0.05) is 28.6 Å². The van der Waals surface area contributed by atoms with Crippen LogP contribution in [0.2, 0.25) is 5.02 Å². The Kier molecular flexibility index (Phi) is 5.77. The molecule has 0 atom stereocenters. The summed E-state index contributed by atoms with van der Waals surface area (Å²) in [7, 11) is 0. The third-order valence-electron chi connectivity index (χ3n) is 5.28. The molecule has 0 spiro atoms. The first-order valence-electron chi connectivity index (χ1n) is 8.98. The molecule has 0 radical (unpaired) electrons. The quantitative estimate of drug-likeness (QED) is 0.859. The van der Waals surface area contributed by atoms with E-state index in [0.717, 1.165) is 44.2 Å². The molecule has 130 valence electrons. The van der Waals surface area contributed by atoms with Crippen molar-refractivity contribution in [1.29, 1.82) is 0 Å². The van der Waals surface area contributed by atoms with Crippen LogP contribution in [0.3, 0.4) is 0 Å². The number of nitrogens with one attached hydrogen (secondary N) is 2. The first-order chi connectivity index (χ1) is 11.6. The molecule has 24 heavy (non-hydrogen) atoms. The zero-order chi connectivity index (χ0) is 16.9. The standard InChI is InChI=1S/C19H25ClN2O2/c20-15-9-11-17(12-10-15)22-19(24)14-7-5-13(6-8-14)18(23)21-16-3-1-2-4-16/h9-14,16H,1-8H2,(H,21,23)(H,22,24). The highest BCUT2D eigenvalue weighted by molar-refractivity contribution is 6.30. The Balaban J connectivity index is 1.44. The topological polar surface area (TPSA) is 58.2 Å². The zero-order valence-electron chi connectivity index (χ0n) is 13.9. The lowest BCUT2D eigenvalue weighted by atomic mass is 9.81. The van der Waals surface area contributed by atoms with Gasteiger partial charge in [0.05, 0.1) is 0 Å². The van der Waals surface area contributed by atoms with Gasteiger partial charge < -0.3 is 10.6 Å². The number of amides is 2. The average molecular weight is 349 g/mol. The van der Waals surface area contributed by atoms with E-state index in [9.17, 15) is 9.59 Å². The van der Waals surface area contributed by atoms with Crippen molar-refractivity contribution in [3.8, 4) is 0 Å². The molecule has 3 rings (SSSR count). The van der Waals surface area contributed by atoms with Crippen molar-refractivity contribution in [3.63, 3.8) is 0 Å². The van der Waals surface area contributed by atoms with Gasteiger partial charge in [0.25, 0.3) is 0 Å². The van der Waals surface area contributed by atoms with Crippen molar-refractivity contribution >= 4 is 29.1 Å². The molecule has 0 unspecified atom stereocenters. The predicted octanol–water partition coefficient (Wildman–Crippen LogP) is 4.14. The molecule has 2 amide bonds. The van der Waals surface area contributed by atoms with E-state index in [0.29, 0.717) is 11.1 Å². The van der Waals surface area contributed by atoms with Gasteiger partial charge in [-0.3, -0.25) is 9.59 Å². The molecule has 0 saturated heterocycles. The van der Waals surface area contributed by atoms with Crippen LogP contribution in [0, 0.1) is 11.8 Å². The largest absolute Gasteiger partial charge is 0.353 e. The first-order valence-corrected chi connectivity index (χ1v) is 9.36. The molecule has 0 bridgehead atoms. The number of carbonyl (C=O) groups excluding carboxylic acids is 2. The summed E-state index contributed by atoms with van der Waals surface area (Å²) in [6.45, 7) is 0. The fraction of sp³-hybridized carbons (Fsp3) is 0.579. The summed E-state index contributed by atoms with van der Waals surface area (Å²) >= 11 is 5.85. The van der Waals surface area contributed by atoms with Crippen molar-refractivity contribution in [3.05, 3.63) is 29.3 Å². The average Bonchev–Trinajstić information content (AvgIpc) is 3.10. The van der Waals surface area contributed by atoms with Crippen LogP contribution in [0.1, 0.15) is 51.4 Å². The Bertz CT molecular complexity index is 574. The molecule has 2 N–H and O–H groups in total. The maximum Gasteiger partial charge on any atom is 0.227 e. The van der Waals surface area contributed by atoms with Crippen LogP contribution in [0.5, 0.6) is 0 Å². The summed E-state index contributed by atoms with van der Waals surface area (Å²) in [5.74, 6) is 0.312. The fourth-order valence-corrected chi connectivity index (χ4v) is 3.91. The highest BCUT2D eigenvalue weighted by Crippen LogP contribution is 2.30. The van der Waals surface area contributed by atoms with Crippen LogP contribution in [0.4, 0.5) is 5.69 Å². The second kappa shape index (κ2) is 8.02. The number of rotatable bonds is 4. The normalized spacial score (nSPS) is 24.5. The van der Waals surface area contributed by atoms with Crippen LogP contribution in [0.15, 0.2) is 24.3 Å². The predicted molar refractivity (Wildman–Crippen MR) is 95.9 cm³/mol. The van der Waals surface area contributed by atoms with E-state index in [1.54, 1.807) is 24.3 Å². The molecule has 0 aliphatic heterocycles. The number of hydrogen-bond donors (Lipinski definition) is 2. The second-order valence-corrected chi connectivity index (χ2v) is 7.47. The molecule has 1 aromatic carbocycles. The van der Waals surface area contributed by atoms with Gasteiger partial charge in [0.2, 0.25) is 11.8 Å². The van der Waals surface area contributed by atoms with Crippen molar-refractivity contribution in [2.24, 2.45) is 11.8 Å². The lowest BCUT2D eigenvalue weighted by Gasteiger charge is -2.28. The Morgan fingerprint density at radius 3 is 1.96 bits per heavy atom. The minimum Gasteiger partial charge on any atom is -0.353 e. The summed E-state index contributed by atoms with van der Waals surface area (Å²) in [6.07, 6.45) is 7.85. The second-order valence-electron chi connectivity index (χ2n) is 7.03. The van der Waals surface area contributed by atoms with Gasteiger partial charge in [-0.15, -0.1) is 0 Å². The fourth-order valence-electron chi connectivity index (χ4n) is 3.78. The highest BCUT2D eigenvalue weighted by Gasteiger charge is 2.31. The summed E-state index contributed by atoms with van der Waals surface area (Å²) < 4.78 is 0. The van der Waals surface area contributed by atoms with E-state index in [2.05, 4.69) is 10.6 Å². The number of benzene rings is 1. The molecule has 0 heterocycles. The lowest BCUT2D eigenvalue weighted by molar-refractivity contribution is -0.129. The summed E-state index contributed by atoms with van der Waals surface area (Å²) in [4.78, 5) is 24.7. The summed E-state index contributed by atoms with van der Waals surface area (Å²) in [6, 6.07) is 7.52. The first kappa shape index (κ1) is 17.3. The van der Waals surface area contributed by atoms with E-state index < -0.39 is 0 Å². The zero-order valence-corrected chi connectivity index (χ0v) is 14.6. The molecule has 5 heteroatoms. The van der Waals surface area contributed by atoms with Crippen LogP contribution >= 0.6 is 11.6 Å². The van der Waals surface area contributed by atoms with Crippen molar-refractivity contribution < 1.29 is 9.59 Å². The Labute approximate surface area is 148 Å². The van der Waals surface area contributed by atoms with Gasteiger partial charge in [0.15, 0.2) is 0 Å².